The molecule has 6 nitrogen and oxygen atoms in total. The number of aromatic amines is 1. The van der Waals surface area contributed by atoms with Gasteiger partial charge in [0.25, 0.3) is 5.56 Å². The lowest BCUT2D eigenvalue weighted by Gasteiger charge is -2.18. The van der Waals surface area contributed by atoms with E-state index in [0.29, 0.717) is 16.3 Å². The lowest BCUT2D eigenvalue weighted by atomic mass is 10.1. The highest BCUT2D eigenvalue weighted by molar-refractivity contribution is 6.33. The van der Waals surface area contributed by atoms with Gasteiger partial charge in [-0.3, -0.25) is 14.4 Å². The normalized spacial score (nSPS) is 16.8. The summed E-state index contributed by atoms with van der Waals surface area (Å²) in [6.07, 6.45) is 0.125. The lowest BCUT2D eigenvalue weighted by molar-refractivity contribution is -0.126. The highest BCUT2D eigenvalue weighted by Crippen LogP contribution is 2.31. The van der Waals surface area contributed by atoms with Gasteiger partial charge in [-0.1, -0.05) is 23.7 Å². The number of amides is 2. The van der Waals surface area contributed by atoms with Gasteiger partial charge < -0.3 is 15.2 Å². The number of pyridine rings is 1. The Morgan fingerprint density at radius 2 is 2.04 bits per heavy atom. The number of hydrogen-bond donors (Lipinski definition) is 2. The van der Waals surface area contributed by atoms with Gasteiger partial charge >= 0.3 is 0 Å². The molecule has 1 saturated heterocycles. The Hall–Kier alpha value is -2.60. The largest absolute Gasteiger partial charge is 0.351 e. The second kappa shape index (κ2) is 7.33. The number of carbonyl (C=O) groups is 2. The number of nitrogens with one attached hydrogen (secondary N) is 2. The molecule has 3 rings (SSSR count). The van der Waals surface area contributed by atoms with E-state index >= 15 is 0 Å². The predicted molar refractivity (Wildman–Crippen MR) is 100 cm³/mol. The minimum absolute atomic E-state index is 0.125. The van der Waals surface area contributed by atoms with E-state index in [2.05, 4.69) is 10.3 Å². The predicted octanol–water partition coefficient (Wildman–Crippen LogP) is 2.31. The van der Waals surface area contributed by atoms with E-state index in [1.807, 2.05) is 19.9 Å². The van der Waals surface area contributed by atoms with E-state index < -0.39 is 5.92 Å². The van der Waals surface area contributed by atoms with Crippen molar-refractivity contribution in [3.05, 3.63) is 62.5 Å². The summed E-state index contributed by atoms with van der Waals surface area (Å²) in [6.45, 7) is 4.06. The van der Waals surface area contributed by atoms with Gasteiger partial charge in [0, 0.05) is 30.8 Å². The third kappa shape index (κ3) is 3.65. The van der Waals surface area contributed by atoms with Crippen molar-refractivity contribution in [1.82, 2.24) is 10.3 Å². The molecule has 1 aromatic carbocycles. The van der Waals surface area contributed by atoms with E-state index in [0.717, 1.165) is 11.3 Å². The Morgan fingerprint density at radius 3 is 2.73 bits per heavy atom. The minimum Gasteiger partial charge on any atom is -0.351 e. The van der Waals surface area contributed by atoms with Crippen LogP contribution in [0, 0.1) is 19.8 Å². The molecule has 7 heteroatoms. The van der Waals surface area contributed by atoms with E-state index in [9.17, 15) is 14.4 Å². The van der Waals surface area contributed by atoms with Crippen molar-refractivity contribution in [3.63, 3.8) is 0 Å². The fraction of sp³-hybridized carbons (Fsp3) is 0.316. The smallest absolute Gasteiger partial charge is 0.253 e. The number of carbonyl (C=O) groups excluding carboxylic acids is 2. The second-order valence-electron chi connectivity index (χ2n) is 6.52. The summed E-state index contributed by atoms with van der Waals surface area (Å²) in [5.41, 5.74) is 2.53. The van der Waals surface area contributed by atoms with Crippen LogP contribution >= 0.6 is 11.6 Å². The van der Waals surface area contributed by atoms with Gasteiger partial charge in [-0.2, -0.15) is 0 Å². The number of halogens is 1. The van der Waals surface area contributed by atoms with Gasteiger partial charge in [0.15, 0.2) is 0 Å². The summed E-state index contributed by atoms with van der Waals surface area (Å²) in [5.74, 6) is -0.849. The summed E-state index contributed by atoms with van der Waals surface area (Å²) in [6, 6.07) is 8.92. The summed E-state index contributed by atoms with van der Waals surface area (Å²) in [4.78, 5) is 41.1. The molecule has 2 N–H and O–H groups in total. The fourth-order valence-electron chi connectivity index (χ4n) is 3.21. The Bertz CT molecular complexity index is 922. The zero-order valence-corrected chi connectivity index (χ0v) is 15.4. The van der Waals surface area contributed by atoms with Gasteiger partial charge in [0.2, 0.25) is 11.8 Å². The molecule has 0 bridgehead atoms. The van der Waals surface area contributed by atoms with Gasteiger partial charge in [0.1, 0.15) is 0 Å². The zero-order valence-electron chi connectivity index (χ0n) is 14.6. The van der Waals surface area contributed by atoms with Gasteiger partial charge in [-0.05, 0) is 37.6 Å². The molecule has 2 heterocycles. The summed E-state index contributed by atoms with van der Waals surface area (Å²) in [5, 5.41) is 3.25. The van der Waals surface area contributed by atoms with E-state index in [-0.39, 0.29) is 36.9 Å². The number of nitrogens with zero attached hydrogens (tertiary/aromatic N) is 1. The van der Waals surface area contributed by atoms with Gasteiger partial charge in [-0.25, -0.2) is 0 Å². The van der Waals surface area contributed by atoms with Crippen LogP contribution in [0.1, 0.15) is 23.2 Å². The number of rotatable bonds is 4. The number of anilines is 1. The van der Waals surface area contributed by atoms with Crippen LogP contribution in [0.3, 0.4) is 0 Å². The first-order valence-corrected chi connectivity index (χ1v) is 8.76. The van der Waals surface area contributed by atoms with Crippen LogP contribution in [0.2, 0.25) is 5.02 Å². The maximum Gasteiger partial charge on any atom is 0.253 e. The van der Waals surface area contributed by atoms with Crippen LogP contribution < -0.4 is 15.8 Å². The maximum atomic E-state index is 12.5. The molecule has 1 fully saturated rings. The zero-order chi connectivity index (χ0) is 18.8. The second-order valence-corrected chi connectivity index (χ2v) is 6.92. The number of aromatic nitrogens is 1. The van der Waals surface area contributed by atoms with Crippen molar-refractivity contribution in [2.24, 2.45) is 5.92 Å². The highest BCUT2D eigenvalue weighted by atomic mass is 35.5. The molecule has 136 valence electrons. The average molecular weight is 374 g/mol. The topological polar surface area (TPSA) is 82.3 Å². The van der Waals surface area contributed by atoms with E-state index in [4.69, 9.17) is 11.6 Å². The molecule has 0 unspecified atom stereocenters. The molecule has 0 aliphatic carbocycles. The Morgan fingerprint density at radius 1 is 1.31 bits per heavy atom. The molecule has 1 aromatic heterocycles. The van der Waals surface area contributed by atoms with Gasteiger partial charge in [-0.15, -0.1) is 0 Å². The maximum absolute atomic E-state index is 12.5. The summed E-state index contributed by atoms with van der Waals surface area (Å²) in [7, 11) is 0. The fourth-order valence-corrected chi connectivity index (χ4v) is 3.45. The highest BCUT2D eigenvalue weighted by Gasteiger charge is 2.35. The van der Waals surface area contributed by atoms with Gasteiger partial charge in [0.05, 0.1) is 16.6 Å². The number of aryl methyl sites for hydroxylation is 2. The molecular formula is C19H20ClN3O3. The number of benzene rings is 1. The Labute approximate surface area is 156 Å². The van der Waals surface area contributed by atoms with Crippen LogP contribution in [0.4, 0.5) is 5.69 Å². The Balaban J connectivity index is 1.68. The van der Waals surface area contributed by atoms with Crippen LogP contribution in [0.25, 0.3) is 0 Å². The van der Waals surface area contributed by atoms with Crippen molar-refractivity contribution in [1.29, 1.82) is 0 Å². The SMILES string of the molecule is Cc1cc(C)c(CNC(=O)[C@H]2CC(=O)N(c3ccccc3Cl)C2)c(=O)[nH]1. The molecule has 0 radical (unpaired) electrons. The molecule has 1 aliphatic heterocycles. The summed E-state index contributed by atoms with van der Waals surface area (Å²) < 4.78 is 0. The van der Waals surface area contributed by atoms with Crippen molar-refractivity contribution < 1.29 is 9.59 Å². The van der Waals surface area contributed by atoms with Crippen LogP contribution in [0.15, 0.2) is 35.1 Å². The Kier molecular flexibility index (Phi) is 5.13. The molecule has 2 aromatic rings. The number of H-pyrrole nitrogens is 1. The van der Waals surface area contributed by atoms with Crippen molar-refractivity contribution in [2.45, 2.75) is 26.8 Å². The van der Waals surface area contributed by atoms with Crippen LogP contribution in [-0.4, -0.2) is 23.3 Å². The molecule has 0 spiro atoms. The third-order valence-corrected chi connectivity index (χ3v) is 4.89. The minimum atomic E-state index is -0.469. The quantitative estimate of drug-likeness (QED) is 0.862. The molecule has 1 aliphatic rings. The summed E-state index contributed by atoms with van der Waals surface area (Å²) >= 11 is 6.15. The third-order valence-electron chi connectivity index (χ3n) is 4.57. The molecule has 1 atom stereocenters. The molecule has 0 saturated carbocycles. The molecule has 26 heavy (non-hydrogen) atoms. The van der Waals surface area contributed by atoms with E-state index in [1.165, 1.54) is 4.90 Å². The van der Waals surface area contributed by atoms with Crippen LogP contribution in [0.5, 0.6) is 0 Å². The lowest BCUT2D eigenvalue weighted by Crippen LogP contribution is -2.34. The molecular weight excluding hydrogens is 354 g/mol. The first kappa shape index (κ1) is 18.2. The van der Waals surface area contributed by atoms with E-state index in [1.54, 1.807) is 24.3 Å². The number of para-hydroxylation sites is 1. The number of hydrogen-bond acceptors (Lipinski definition) is 3. The molecule has 2 amide bonds. The first-order valence-electron chi connectivity index (χ1n) is 8.39. The van der Waals surface area contributed by atoms with Crippen LogP contribution in [-0.2, 0) is 16.1 Å². The monoisotopic (exact) mass is 373 g/mol. The first-order chi connectivity index (χ1) is 12.4. The van der Waals surface area contributed by atoms with Crippen molar-refractivity contribution >= 4 is 29.1 Å². The van der Waals surface area contributed by atoms with Crippen molar-refractivity contribution in [3.8, 4) is 0 Å². The standard InChI is InChI=1S/C19H20ClN3O3/c1-11-7-12(2)22-19(26)14(11)9-21-18(25)13-8-17(24)23(10-13)16-6-4-3-5-15(16)20/h3-7,13H,8-10H2,1-2H3,(H,21,25)(H,22,26)/t13-/m0/s1. The van der Waals surface area contributed by atoms with Crippen molar-refractivity contribution in [2.75, 3.05) is 11.4 Å². The average Bonchev–Trinajstić information content (AvgIpc) is 2.96.